The Bertz CT molecular complexity index is 672. The van der Waals surface area contributed by atoms with Crippen LogP contribution in [0, 0.1) is 0 Å². The number of nitrogens with two attached hydrogens (primary N) is 1. The summed E-state index contributed by atoms with van der Waals surface area (Å²) in [6, 6.07) is 8.39. The number of benzene rings is 1. The summed E-state index contributed by atoms with van der Waals surface area (Å²) in [6.07, 6.45) is 1.51. The molecule has 3 rings (SSSR count). The Kier molecular flexibility index (Phi) is 3.00. The Morgan fingerprint density at radius 2 is 2.10 bits per heavy atom. The Morgan fingerprint density at radius 3 is 2.95 bits per heavy atom. The number of amidine groups is 1. The summed E-state index contributed by atoms with van der Waals surface area (Å²) in [6.45, 7) is 0.204. The Hall–Kier alpha value is -2.96. The smallest absolute Gasteiger partial charge is 0.231 e. The van der Waals surface area contributed by atoms with Crippen molar-refractivity contribution in [1.82, 2.24) is 4.98 Å². The molecule has 1 aromatic heterocycles. The second kappa shape index (κ2) is 4.96. The van der Waals surface area contributed by atoms with E-state index in [0.29, 0.717) is 28.7 Å². The van der Waals surface area contributed by atoms with E-state index in [1.165, 1.54) is 6.20 Å². The van der Waals surface area contributed by atoms with Crippen molar-refractivity contribution >= 4 is 5.84 Å². The minimum Gasteiger partial charge on any atom is -0.454 e. The lowest BCUT2D eigenvalue weighted by Gasteiger charge is -2.06. The van der Waals surface area contributed by atoms with Gasteiger partial charge < -0.3 is 25.2 Å². The van der Waals surface area contributed by atoms with Gasteiger partial charge >= 0.3 is 0 Å². The number of aromatic nitrogens is 1. The number of ether oxygens (including phenoxy) is 3. The number of oxime groups is 1. The van der Waals surface area contributed by atoms with Gasteiger partial charge in [0.1, 0.15) is 5.75 Å². The fraction of sp³-hybridized carbons (Fsp3) is 0.0769. The highest BCUT2D eigenvalue weighted by Crippen LogP contribution is 2.36. The molecule has 0 saturated heterocycles. The highest BCUT2D eigenvalue weighted by Gasteiger charge is 2.14. The maximum Gasteiger partial charge on any atom is 0.231 e. The van der Waals surface area contributed by atoms with Crippen molar-refractivity contribution in [3.8, 4) is 23.1 Å². The van der Waals surface area contributed by atoms with Gasteiger partial charge in [0.05, 0.1) is 0 Å². The molecule has 0 aliphatic carbocycles. The van der Waals surface area contributed by atoms with Crippen LogP contribution >= 0.6 is 0 Å². The fourth-order valence-corrected chi connectivity index (χ4v) is 1.74. The number of hydrogen-bond acceptors (Lipinski definition) is 6. The van der Waals surface area contributed by atoms with Crippen molar-refractivity contribution in [2.24, 2.45) is 10.9 Å². The van der Waals surface area contributed by atoms with Gasteiger partial charge in [-0.3, -0.25) is 0 Å². The molecule has 2 heterocycles. The molecule has 0 fully saturated rings. The van der Waals surface area contributed by atoms with Gasteiger partial charge in [-0.15, -0.1) is 0 Å². The van der Waals surface area contributed by atoms with Crippen LogP contribution in [0.15, 0.2) is 41.7 Å². The predicted octanol–water partition coefficient (Wildman–Crippen LogP) is 1.70. The van der Waals surface area contributed by atoms with E-state index in [2.05, 4.69) is 10.1 Å². The van der Waals surface area contributed by atoms with Crippen LogP contribution in [0.5, 0.6) is 23.1 Å². The first-order chi connectivity index (χ1) is 9.76. The van der Waals surface area contributed by atoms with Gasteiger partial charge in [0.15, 0.2) is 17.3 Å². The summed E-state index contributed by atoms with van der Waals surface area (Å²) in [7, 11) is 0. The van der Waals surface area contributed by atoms with E-state index in [4.69, 9.17) is 25.2 Å². The Morgan fingerprint density at radius 1 is 1.25 bits per heavy atom. The molecule has 0 spiro atoms. The standard InChI is InChI=1S/C13H11N3O4/c14-13(16-17)8-3-4-15-12(5-8)20-9-1-2-10-11(6-9)19-7-18-10/h1-6,17H,7H2,(H2,14,16). The zero-order chi connectivity index (χ0) is 13.9. The number of rotatable bonds is 3. The monoisotopic (exact) mass is 273 g/mol. The third kappa shape index (κ3) is 2.28. The van der Waals surface area contributed by atoms with Crippen molar-refractivity contribution in [3.63, 3.8) is 0 Å². The van der Waals surface area contributed by atoms with E-state index in [1.54, 1.807) is 30.3 Å². The van der Waals surface area contributed by atoms with Crippen LogP contribution in [-0.2, 0) is 0 Å². The second-order valence-electron chi connectivity index (χ2n) is 3.99. The van der Waals surface area contributed by atoms with Crippen LogP contribution in [0.4, 0.5) is 0 Å². The van der Waals surface area contributed by atoms with Crippen molar-refractivity contribution in [2.45, 2.75) is 0 Å². The quantitative estimate of drug-likeness (QED) is 0.382. The molecule has 0 unspecified atom stereocenters. The van der Waals surface area contributed by atoms with Gasteiger partial charge in [0, 0.05) is 23.9 Å². The molecule has 0 atom stereocenters. The molecule has 0 saturated carbocycles. The molecule has 7 heteroatoms. The van der Waals surface area contributed by atoms with Gasteiger partial charge in [-0.05, 0) is 18.2 Å². The summed E-state index contributed by atoms with van der Waals surface area (Å²) < 4.78 is 16.1. The molecule has 0 radical (unpaired) electrons. The van der Waals surface area contributed by atoms with Crippen molar-refractivity contribution in [3.05, 3.63) is 42.1 Å². The van der Waals surface area contributed by atoms with Gasteiger partial charge in [0.25, 0.3) is 0 Å². The van der Waals surface area contributed by atoms with Crippen LogP contribution in [0.2, 0.25) is 0 Å². The van der Waals surface area contributed by atoms with E-state index >= 15 is 0 Å². The average molecular weight is 273 g/mol. The topological polar surface area (TPSA) is 99.2 Å². The minimum atomic E-state index is -0.0112. The van der Waals surface area contributed by atoms with Crippen LogP contribution in [0.3, 0.4) is 0 Å². The van der Waals surface area contributed by atoms with Crippen molar-refractivity contribution in [2.75, 3.05) is 6.79 Å². The van der Waals surface area contributed by atoms with E-state index in [1.807, 2.05) is 0 Å². The summed E-state index contributed by atoms with van der Waals surface area (Å²) in [5.74, 6) is 2.17. The van der Waals surface area contributed by atoms with Gasteiger partial charge in [-0.1, -0.05) is 5.16 Å². The molecule has 3 N–H and O–H groups in total. The van der Waals surface area contributed by atoms with Gasteiger partial charge in [-0.25, -0.2) is 4.98 Å². The normalized spacial score (nSPS) is 13.3. The third-order valence-corrected chi connectivity index (χ3v) is 2.70. The maximum absolute atomic E-state index is 8.65. The van der Waals surface area contributed by atoms with Crippen molar-refractivity contribution < 1.29 is 19.4 Å². The molecule has 102 valence electrons. The lowest BCUT2D eigenvalue weighted by Crippen LogP contribution is -2.13. The van der Waals surface area contributed by atoms with Crippen LogP contribution in [-0.4, -0.2) is 22.8 Å². The molecule has 7 nitrogen and oxygen atoms in total. The van der Waals surface area contributed by atoms with E-state index in [-0.39, 0.29) is 12.6 Å². The van der Waals surface area contributed by atoms with Gasteiger partial charge in [-0.2, -0.15) is 0 Å². The Balaban J connectivity index is 1.84. The molecule has 0 amide bonds. The van der Waals surface area contributed by atoms with E-state index in [9.17, 15) is 0 Å². The van der Waals surface area contributed by atoms with Crippen LogP contribution < -0.4 is 19.9 Å². The highest BCUT2D eigenvalue weighted by molar-refractivity contribution is 5.97. The first kappa shape index (κ1) is 12.1. The first-order valence-electron chi connectivity index (χ1n) is 5.78. The van der Waals surface area contributed by atoms with E-state index < -0.39 is 0 Å². The fourth-order valence-electron chi connectivity index (χ4n) is 1.74. The number of nitrogens with zero attached hydrogens (tertiary/aromatic N) is 2. The molecule has 1 aliphatic rings. The molecular weight excluding hydrogens is 262 g/mol. The molecule has 2 aromatic rings. The number of pyridine rings is 1. The highest BCUT2D eigenvalue weighted by atomic mass is 16.7. The third-order valence-electron chi connectivity index (χ3n) is 2.70. The van der Waals surface area contributed by atoms with E-state index in [0.717, 1.165) is 0 Å². The predicted molar refractivity (Wildman–Crippen MR) is 69.4 cm³/mol. The Labute approximate surface area is 114 Å². The molecular formula is C13H11N3O4. The molecule has 1 aliphatic heterocycles. The lowest BCUT2D eigenvalue weighted by atomic mass is 10.2. The lowest BCUT2D eigenvalue weighted by molar-refractivity contribution is 0.174. The van der Waals surface area contributed by atoms with Gasteiger partial charge in [0.2, 0.25) is 12.7 Å². The second-order valence-corrected chi connectivity index (χ2v) is 3.99. The van der Waals surface area contributed by atoms with Crippen LogP contribution in [0.1, 0.15) is 5.56 Å². The number of fused-ring (bicyclic) bond motifs is 1. The first-order valence-corrected chi connectivity index (χ1v) is 5.78. The zero-order valence-electron chi connectivity index (χ0n) is 10.3. The summed E-state index contributed by atoms with van der Waals surface area (Å²) >= 11 is 0. The number of hydrogen-bond donors (Lipinski definition) is 2. The summed E-state index contributed by atoms with van der Waals surface area (Å²) in [4.78, 5) is 4.06. The molecule has 0 bridgehead atoms. The van der Waals surface area contributed by atoms with Crippen LogP contribution in [0.25, 0.3) is 0 Å². The minimum absolute atomic E-state index is 0.0112. The zero-order valence-corrected chi connectivity index (χ0v) is 10.3. The molecule has 20 heavy (non-hydrogen) atoms. The van der Waals surface area contributed by atoms with Crippen molar-refractivity contribution in [1.29, 1.82) is 0 Å². The summed E-state index contributed by atoms with van der Waals surface area (Å²) in [5, 5.41) is 11.6. The molecule has 1 aromatic carbocycles. The SMILES string of the molecule is N/C(=N\O)c1ccnc(Oc2ccc3c(c2)OCO3)c1. The average Bonchev–Trinajstić information content (AvgIpc) is 2.94. The summed E-state index contributed by atoms with van der Waals surface area (Å²) in [5.41, 5.74) is 6.02. The largest absolute Gasteiger partial charge is 0.454 e. The maximum atomic E-state index is 8.65.